The Hall–Kier alpha value is -2.54. The first-order chi connectivity index (χ1) is 13.5. The lowest BCUT2D eigenvalue weighted by Gasteiger charge is -2.31. The largest absolute Gasteiger partial charge is 0.494 e. The molecule has 1 saturated heterocycles. The highest BCUT2D eigenvalue weighted by Gasteiger charge is 2.33. The molecule has 0 spiro atoms. The summed E-state index contributed by atoms with van der Waals surface area (Å²) in [7, 11) is 0. The van der Waals surface area contributed by atoms with Gasteiger partial charge in [0.1, 0.15) is 5.75 Å². The van der Waals surface area contributed by atoms with Gasteiger partial charge in [-0.25, -0.2) is 9.59 Å². The molecule has 0 saturated carbocycles. The van der Waals surface area contributed by atoms with Crippen LogP contribution in [0, 0.1) is 0 Å². The third kappa shape index (κ3) is 4.47. The molecule has 152 valence electrons. The van der Waals surface area contributed by atoms with E-state index in [1.54, 1.807) is 13.8 Å². The molecule has 28 heavy (non-hydrogen) atoms. The van der Waals surface area contributed by atoms with Gasteiger partial charge in [-0.05, 0) is 57.9 Å². The topological polar surface area (TPSA) is 79.9 Å². The number of benzene rings is 1. The Labute approximate surface area is 166 Å². The predicted octanol–water partition coefficient (Wildman–Crippen LogP) is 2.74. The molecule has 1 aromatic rings. The summed E-state index contributed by atoms with van der Waals surface area (Å²) in [5, 5.41) is 5.57. The van der Waals surface area contributed by atoms with E-state index in [4.69, 9.17) is 9.47 Å². The second kappa shape index (κ2) is 9.10. The summed E-state index contributed by atoms with van der Waals surface area (Å²) in [4.78, 5) is 26.7. The van der Waals surface area contributed by atoms with Gasteiger partial charge in [0, 0.05) is 18.3 Å². The van der Waals surface area contributed by atoms with Crippen molar-refractivity contribution in [3.8, 4) is 5.75 Å². The zero-order valence-corrected chi connectivity index (χ0v) is 16.8. The monoisotopic (exact) mass is 387 g/mol. The zero-order valence-electron chi connectivity index (χ0n) is 16.8. The Balaban J connectivity index is 1.81. The predicted molar refractivity (Wildman–Crippen MR) is 106 cm³/mol. The van der Waals surface area contributed by atoms with Gasteiger partial charge >= 0.3 is 12.0 Å². The molecule has 2 amide bonds. The van der Waals surface area contributed by atoms with E-state index >= 15 is 0 Å². The summed E-state index contributed by atoms with van der Waals surface area (Å²) in [6, 6.07) is 7.76. The fourth-order valence-electron chi connectivity index (χ4n) is 3.95. The lowest BCUT2D eigenvalue weighted by molar-refractivity contribution is -0.139. The first-order valence-electron chi connectivity index (χ1n) is 9.98. The number of nitrogens with one attached hydrogen (secondary N) is 2. The zero-order chi connectivity index (χ0) is 20.1. The number of rotatable bonds is 7. The quantitative estimate of drug-likeness (QED) is 0.704. The molecule has 0 aliphatic carbocycles. The molecule has 2 unspecified atom stereocenters. The van der Waals surface area contributed by atoms with Gasteiger partial charge in [0.15, 0.2) is 0 Å². The van der Waals surface area contributed by atoms with Crippen LogP contribution >= 0.6 is 0 Å². The number of esters is 1. The van der Waals surface area contributed by atoms with Gasteiger partial charge in [-0.3, -0.25) is 4.90 Å². The van der Waals surface area contributed by atoms with Crippen LogP contribution in [0.2, 0.25) is 0 Å². The van der Waals surface area contributed by atoms with Crippen molar-refractivity contribution in [2.24, 2.45) is 0 Å². The molecule has 0 aromatic heterocycles. The molecule has 2 aliphatic heterocycles. The van der Waals surface area contributed by atoms with E-state index in [2.05, 4.69) is 27.7 Å². The van der Waals surface area contributed by atoms with E-state index in [-0.39, 0.29) is 24.1 Å². The Morgan fingerprint density at radius 2 is 1.96 bits per heavy atom. The molecule has 3 rings (SSSR count). The highest BCUT2D eigenvalue weighted by atomic mass is 16.5. The van der Waals surface area contributed by atoms with E-state index in [0.717, 1.165) is 25.1 Å². The van der Waals surface area contributed by atoms with E-state index in [1.807, 2.05) is 19.1 Å². The van der Waals surface area contributed by atoms with Crippen LogP contribution < -0.4 is 15.4 Å². The average molecular weight is 387 g/mol. The van der Waals surface area contributed by atoms with Crippen molar-refractivity contribution < 1.29 is 19.1 Å². The smallest absolute Gasteiger partial charge is 0.337 e. The third-order valence-corrected chi connectivity index (χ3v) is 5.17. The number of likely N-dealkylation sites (tertiary alicyclic amines) is 1. The van der Waals surface area contributed by atoms with Crippen LogP contribution in [0.25, 0.3) is 0 Å². The van der Waals surface area contributed by atoms with E-state index in [0.29, 0.717) is 31.0 Å². The van der Waals surface area contributed by atoms with Gasteiger partial charge in [-0.15, -0.1) is 0 Å². The first-order valence-corrected chi connectivity index (χ1v) is 9.98. The van der Waals surface area contributed by atoms with Crippen LogP contribution in [-0.2, 0) is 9.53 Å². The van der Waals surface area contributed by atoms with Gasteiger partial charge in [0.05, 0.1) is 24.8 Å². The Kier molecular flexibility index (Phi) is 6.57. The van der Waals surface area contributed by atoms with Gasteiger partial charge in [-0.2, -0.15) is 0 Å². The fourth-order valence-corrected chi connectivity index (χ4v) is 3.95. The first kappa shape index (κ1) is 20.2. The maximum Gasteiger partial charge on any atom is 0.337 e. The molecule has 2 aliphatic rings. The summed E-state index contributed by atoms with van der Waals surface area (Å²) < 4.78 is 10.7. The van der Waals surface area contributed by atoms with Crippen molar-refractivity contribution in [2.75, 3.05) is 26.3 Å². The molecular formula is C21H29N3O4. The molecule has 7 heteroatoms. The highest BCUT2D eigenvalue weighted by molar-refractivity contribution is 5.94. The number of carbonyl (C=O) groups is 2. The lowest BCUT2D eigenvalue weighted by Crippen LogP contribution is -2.51. The SMILES string of the molecule is CCOC(=O)C1=C(CN2CCCC2c2ccc(OCC)cc2)NC(=O)NC1C. The molecule has 0 bridgehead atoms. The molecule has 7 nitrogen and oxygen atoms in total. The standard InChI is InChI=1S/C21H29N3O4/c1-4-27-16-10-8-15(9-11-16)18-7-6-12-24(18)13-17-19(20(25)28-5-2)14(3)22-21(26)23-17/h8-11,14,18H,4-7,12-13H2,1-3H3,(H2,22,23,26). The molecule has 1 aromatic carbocycles. The van der Waals surface area contributed by atoms with Gasteiger partial charge in [-0.1, -0.05) is 12.1 Å². The van der Waals surface area contributed by atoms with Crippen molar-refractivity contribution in [2.45, 2.75) is 45.7 Å². The summed E-state index contributed by atoms with van der Waals surface area (Å²) in [5.41, 5.74) is 2.35. The van der Waals surface area contributed by atoms with Crippen LogP contribution in [0.4, 0.5) is 4.79 Å². The van der Waals surface area contributed by atoms with Crippen LogP contribution in [-0.4, -0.2) is 49.2 Å². The van der Waals surface area contributed by atoms with Crippen molar-refractivity contribution in [3.05, 3.63) is 41.1 Å². The number of carbonyl (C=O) groups excluding carboxylic acids is 2. The lowest BCUT2D eigenvalue weighted by atomic mass is 10.0. The highest BCUT2D eigenvalue weighted by Crippen LogP contribution is 2.33. The van der Waals surface area contributed by atoms with Gasteiger partial charge < -0.3 is 20.1 Å². The second-order valence-electron chi connectivity index (χ2n) is 7.06. The van der Waals surface area contributed by atoms with Crippen LogP contribution in [0.15, 0.2) is 35.5 Å². The van der Waals surface area contributed by atoms with Crippen LogP contribution in [0.3, 0.4) is 0 Å². The number of urea groups is 1. The van der Waals surface area contributed by atoms with E-state index in [1.165, 1.54) is 5.56 Å². The number of amides is 2. The Morgan fingerprint density at radius 3 is 2.64 bits per heavy atom. The molecule has 2 N–H and O–H groups in total. The minimum absolute atomic E-state index is 0.244. The summed E-state index contributed by atoms with van der Waals surface area (Å²) >= 11 is 0. The molecule has 2 heterocycles. The van der Waals surface area contributed by atoms with Crippen LogP contribution in [0.5, 0.6) is 5.75 Å². The number of hydrogen-bond donors (Lipinski definition) is 2. The summed E-state index contributed by atoms with van der Waals surface area (Å²) in [6.45, 7) is 7.91. The summed E-state index contributed by atoms with van der Waals surface area (Å²) in [6.07, 6.45) is 2.11. The molecule has 0 radical (unpaired) electrons. The molecule has 2 atom stereocenters. The minimum atomic E-state index is -0.380. The maximum atomic E-state index is 12.4. The van der Waals surface area contributed by atoms with Crippen molar-refractivity contribution in [1.29, 1.82) is 0 Å². The van der Waals surface area contributed by atoms with Crippen molar-refractivity contribution >= 4 is 12.0 Å². The van der Waals surface area contributed by atoms with E-state index in [9.17, 15) is 9.59 Å². The summed E-state index contributed by atoms with van der Waals surface area (Å²) in [5.74, 6) is 0.483. The average Bonchev–Trinajstić information content (AvgIpc) is 3.10. The van der Waals surface area contributed by atoms with E-state index < -0.39 is 0 Å². The Bertz CT molecular complexity index is 745. The fraction of sp³-hybridized carbons (Fsp3) is 0.524. The van der Waals surface area contributed by atoms with Crippen molar-refractivity contribution in [1.82, 2.24) is 15.5 Å². The van der Waals surface area contributed by atoms with Crippen molar-refractivity contribution in [3.63, 3.8) is 0 Å². The third-order valence-electron chi connectivity index (χ3n) is 5.17. The van der Waals surface area contributed by atoms with Crippen LogP contribution in [0.1, 0.15) is 45.2 Å². The number of nitrogens with zero attached hydrogens (tertiary/aromatic N) is 1. The number of hydrogen-bond acceptors (Lipinski definition) is 5. The van der Waals surface area contributed by atoms with Gasteiger partial charge in [0.2, 0.25) is 0 Å². The number of ether oxygens (including phenoxy) is 2. The maximum absolute atomic E-state index is 12.4. The molecular weight excluding hydrogens is 358 g/mol. The van der Waals surface area contributed by atoms with Gasteiger partial charge in [0.25, 0.3) is 0 Å². The molecule has 1 fully saturated rings. The normalized spacial score (nSPS) is 22.6. The second-order valence-corrected chi connectivity index (χ2v) is 7.06. The minimum Gasteiger partial charge on any atom is -0.494 e. The Morgan fingerprint density at radius 1 is 1.21 bits per heavy atom.